The second-order valence-corrected chi connectivity index (χ2v) is 11.7. The summed E-state index contributed by atoms with van der Waals surface area (Å²) < 4.78 is 5.39. The molecule has 0 fully saturated rings. The predicted octanol–water partition coefficient (Wildman–Crippen LogP) is 6.53. The van der Waals surface area contributed by atoms with Crippen LogP contribution in [-0.2, 0) is 14.3 Å². The minimum absolute atomic E-state index is 0.306. The Morgan fingerprint density at radius 1 is 0.868 bits per heavy atom. The minimum Gasteiger partial charge on any atom is -0.444 e. The molecule has 0 saturated carbocycles. The van der Waals surface area contributed by atoms with Crippen LogP contribution in [0, 0.1) is 27.7 Å². The van der Waals surface area contributed by atoms with Gasteiger partial charge in [0.05, 0.1) is 0 Å². The lowest BCUT2D eigenvalue weighted by atomic mass is 9.88. The van der Waals surface area contributed by atoms with Gasteiger partial charge in [-0.2, -0.15) is 0 Å². The Labute approximate surface area is 228 Å². The summed E-state index contributed by atoms with van der Waals surface area (Å²) in [6.07, 6.45) is -0.0908. The van der Waals surface area contributed by atoms with Crippen molar-refractivity contribution >= 4 is 23.6 Å². The van der Waals surface area contributed by atoms with Gasteiger partial charge in [-0.3, -0.25) is 9.59 Å². The van der Waals surface area contributed by atoms with Gasteiger partial charge < -0.3 is 20.3 Å². The highest BCUT2D eigenvalue weighted by molar-refractivity contribution is 6.00. The molecular formula is C31H45N3O4. The van der Waals surface area contributed by atoms with Gasteiger partial charge in [0.15, 0.2) is 0 Å². The molecule has 2 atom stereocenters. The smallest absolute Gasteiger partial charge is 0.408 e. The zero-order valence-corrected chi connectivity index (χ0v) is 24.9. The van der Waals surface area contributed by atoms with E-state index in [9.17, 15) is 14.4 Å². The summed E-state index contributed by atoms with van der Waals surface area (Å²) in [4.78, 5) is 42.6. The van der Waals surface area contributed by atoms with E-state index in [2.05, 4.69) is 10.6 Å². The topological polar surface area (TPSA) is 87.7 Å². The first kappa shape index (κ1) is 30.9. The number of rotatable bonds is 8. The number of carbonyl (C=O) groups excluding carboxylic acids is 3. The molecule has 0 aliphatic carbocycles. The van der Waals surface area contributed by atoms with E-state index in [0.717, 1.165) is 33.5 Å². The average Bonchev–Trinajstić information content (AvgIpc) is 2.78. The van der Waals surface area contributed by atoms with Crippen molar-refractivity contribution in [2.24, 2.45) is 0 Å². The molecule has 7 heteroatoms. The summed E-state index contributed by atoms with van der Waals surface area (Å²) in [5.41, 5.74) is 3.77. The fourth-order valence-electron chi connectivity index (χ4n) is 4.54. The van der Waals surface area contributed by atoms with Crippen molar-refractivity contribution in [3.63, 3.8) is 0 Å². The van der Waals surface area contributed by atoms with Crippen LogP contribution in [0.2, 0.25) is 0 Å². The maximum Gasteiger partial charge on any atom is 0.408 e. The molecule has 0 aliphatic rings. The van der Waals surface area contributed by atoms with Crippen LogP contribution in [0.5, 0.6) is 0 Å². The molecule has 0 aliphatic heterocycles. The largest absolute Gasteiger partial charge is 0.444 e. The van der Waals surface area contributed by atoms with Crippen LogP contribution in [-0.4, -0.2) is 40.0 Å². The van der Waals surface area contributed by atoms with Gasteiger partial charge in [-0.1, -0.05) is 43.3 Å². The Kier molecular flexibility index (Phi) is 9.76. The molecule has 3 amide bonds. The number of carbonyl (C=O) groups is 3. The Bertz CT molecular complexity index is 1140. The van der Waals surface area contributed by atoms with E-state index in [-0.39, 0.29) is 11.8 Å². The van der Waals surface area contributed by atoms with Crippen LogP contribution < -0.4 is 10.6 Å². The van der Waals surface area contributed by atoms with Crippen LogP contribution in [0.25, 0.3) is 0 Å². The Hall–Kier alpha value is -3.35. The summed E-state index contributed by atoms with van der Waals surface area (Å²) in [5.74, 6) is -0.675. The maximum absolute atomic E-state index is 14.2. The number of hydrogen-bond donors (Lipinski definition) is 2. The van der Waals surface area contributed by atoms with Crippen LogP contribution in [0.4, 0.5) is 10.5 Å². The highest BCUT2D eigenvalue weighted by atomic mass is 16.6. The molecule has 2 N–H and O–H groups in total. The van der Waals surface area contributed by atoms with Gasteiger partial charge in [-0.15, -0.1) is 0 Å². The molecule has 0 bridgehead atoms. The molecule has 38 heavy (non-hydrogen) atoms. The SMILES string of the molecule is CCC(C)(C)N(C(=O)C(C)NC(=O)OC(C)(C)C)C(C(=O)Nc1c(C)cccc1C)c1c(C)cccc1C. The van der Waals surface area contributed by atoms with E-state index in [1.54, 1.807) is 32.6 Å². The highest BCUT2D eigenvalue weighted by Gasteiger charge is 2.43. The Morgan fingerprint density at radius 2 is 1.34 bits per heavy atom. The fraction of sp³-hybridized carbons (Fsp3) is 0.516. The van der Waals surface area contributed by atoms with Crippen molar-refractivity contribution in [3.8, 4) is 0 Å². The van der Waals surface area contributed by atoms with Crippen molar-refractivity contribution in [2.75, 3.05) is 5.32 Å². The Balaban J connectivity index is 2.66. The summed E-state index contributed by atoms with van der Waals surface area (Å²) in [6.45, 7) is 20.6. The lowest BCUT2D eigenvalue weighted by Crippen LogP contribution is -2.58. The van der Waals surface area contributed by atoms with Crippen molar-refractivity contribution in [1.29, 1.82) is 0 Å². The van der Waals surface area contributed by atoms with Crippen LogP contribution in [0.3, 0.4) is 0 Å². The van der Waals surface area contributed by atoms with E-state index >= 15 is 0 Å². The average molecular weight is 524 g/mol. The predicted molar refractivity (Wildman–Crippen MR) is 153 cm³/mol. The number of hydrogen-bond acceptors (Lipinski definition) is 4. The number of anilines is 1. The first-order valence-corrected chi connectivity index (χ1v) is 13.3. The normalized spacial score (nSPS) is 13.3. The summed E-state index contributed by atoms with van der Waals surface area (Å²) in [6, 6.07) is 9.83. The van der Waals surface area contributed by atoms with E-state index in [1.807, 2.05) is 84.9 Å². The summed E-state index contributed by atoms with van der Waals surface area (Å²) in [5, 5.41) is 5.80. The van der Waals surface area contributed by atoms with Gasteiger partial charge in [-0.05, 0) is 103 Å². The highest BCUT2D eigenvalue weighted by Crippen LogP contribution is 2.36. The van der Waals surface area contributed by atoms with Crippen molar-refractivity contribution in [2.45, 2.75) is 106 Å². The van der Waals surface area contributed by atoms with Gasteiger partial charge in [0.1, 0.15) is 17.7 Å². The van der Waals surface area contributed by atoms with Crippen molar-refractivity contribution < 1.29 is 19.1 Å². The quantitative estimate of drug-likeness (QED) is 0.412. The molecule has 2 aromatic rings. The molecule has 0 spiro atoms. The summed E-state index contributed by atoms with van der Waals surface area (Å²) >= 11 is 0. The standard InChI is InChI=1S/C31H45N3O4/c1-12-31(10,11)34(28(36)23(6)32-29(37)38-30(7,8)9)26(24-19(2)15-13-16-20(24)3)27(35)33-25-21(4)17-14-18-22(25)5/h13-18,23,26H,12H2,1-11H3,(H,32,37)(H,33,35). The molecule has 0 radical (unpaired) electrons. The molecular weight excluding hydrogens is 478 g/mol. The molecule has 2 unspecified atom stereocenters. The van der Waals surface area contributed by atoms with E-state index in [1.165, 1.54) is 0 Å². The molecule has 208 valence electrons. The van der Waals surface area contributed by atoms with E-state index in [0.29, 0.717) is 6.42 Å². The van der Waals surface area contributed by atoms with Crippen molar-refractivity contribution in [3.05, 3.63) is 64.2 Å². The Morgan fingerprint density at radius 3 is 1.79 bits per heavy atom. The number of para-hydroxylation sites is 1. The van der Waals surface area contributed by atoms with Gasteiger partial charge in [0.2, 0.25) is 5.91 Å². The molecule has 2 aromatic carbocycles. The first-order valence-electron chi connectivity index (χ1n) is 13.3. The van der Waals surface area contributed by atoms with Crippen LogP contribution >= 0.6 is 0 Å². The summed E-state index contributed by atoms with van der Waals surface area (Å²) in [7, 11) is 0. The zero-order chi connectivity index (χ0) is 29.0. The van der Waals surface area contributed by atoms with E-state index in [4.69, 9.17) is 4.74 Å². The van der Waals surface area contributed by atoms with E-state index < -0.39 is 29.3 Å². The monoisotopic (exact) mass is 523 g/mol. The maximum atomic E-state index is 14.2. The molecule has 0 saturated heterocycles. The number of nitrogens with one attached hydrogen (secondary N) is 2. The third kappa shape index (κ3) is 7.36. The van der Waals surface area contributed by atoms with Gasteiger partial charge in [-0.25, -0.2) is 4.79 Å². The number of alkyl carbamates (subject to hydrolysis) is 1. The first-order chi connectivity index (χ1) is 17.5. The lowest BCUT2D eigenvalue weighted by molar-refractivity contribution is -0.147. The second kappa shape index (κ2) is 12.0. The molecule has 0 aromatic heterocycles. The van der Waals surface area contributed by atoms with Gasteiger partial charge in [0, 0.05) is 11.2 Å². The lowest BCUT2D eigenvalue weighted by Gasteiger charge is -2.45. The number of amides is 3. The van der Waals surface area contributed by atoms with Crippen LogP contribution in [0.15, 0.2) is 36.4 Å². The second-order valence-electron chi connectivity index (χ2n) is 11.7. The molecule has 0 heterocycles. The fourth-order valence-corrected chi connectivity index (χ4v) is 4.54. The number of ether oxygens (including phenoxy) is 1. The molecule has 2 rings (SSSR count). The third-order valence-corrected chi connectivity index (χ3v) is 6.91. The third-order valence-electron chi connectivity index (χ3n) is 6.91. The van der Waals surface area contributed by atoms with Crippen molar-refractivity contribution in [1.82, 2.24) is 10.2 Å². The van der Waals surface area contributed by atoms with Crippen LogP contribution in [0.1, 0.15) is 88.7 Å². The number of nitrogens with zero attached hydrogens (tertiary/aromatic N) is 1. The van der Waals surface area contributed by atoms with Gasteiger partial charge in [0.25, 0.3) is 5.91 Å². The number of benzene rings is 2. The minimum atomic E-state index is -0.930. The zero-order valence-electron chi connectivity index (χ0n) is 24.9. The van der Waals surface area contributed by atoms with Gasteiger partial charge >= 0.3 is 6.09 Å². The molecule has 7 nitrogen and oxygen atoms in total. The number of aryl methyl sites for hydroxylation is 4.